The van der Waals surface area contributed by atoms with Crippen molar-refractivity contribution in [2.24, 2.45) is 0 Å². The van der Waals surface area contributed by atoms with E-state index >= 15 is 0 Å². The Balaban J connectivity index is 2.00. The third kappa shape index (κ3) is 3.95. The fourth-order valence-corrected chi connectivity index (χ4v) is 4.06. The number of benzene rings is 1. The summed E-state index contributed by atoms with van der Waals surface area (Å²) in [5.74, 6) is 0. The lowest BCUT2D eigenvalue weighted by Gasteiger charge is -2.34. The minimum absolute atomic E-state index is 0.00832. The average Bonchev–Trinajstić information content (AvgIpc) is 2.39. The summed E-state index contributed by atoms with van der Waals surface area (Å²) in [6, 6.07) is 6.89. The summed E-state index contributed by atoms with van der Waals surface area (Å²) >= 11 is 5.85. The smallest absolute Gasteiger partial charge is 0.240 e. The second-order valence-corrected chi connectivity index (χ2v) is 7.63. The predicted molar refractivity (Wildman–Crippen MR) is 81.5 cm³/mol. The van der Waals surface area contributed by atoms with E-state index in [4.69, 9.17) is 11.6 Å². The van der Waals surface area contributed by atoms with Crippen molar-refractivity contribution in [1.82, 2.24) is 9.62 Å². The van der Waals surface area contributed by atoms with Crippen LogP contribution in [0.15, 0.2) is 29.2 Å². The van der Waals surface area contributed by atoms with Gasteiger partial charge in [-0.3, -0.25) is 0 Å². The van der Waals surface area contributed by atoms with E-state index in [1.165, 1.54) is 6.07 Å². The minimum atomic E-state index is -3.47. The maximum Gasteiger partial charge on any atom is 0.240 e. The zero-order chi connectivity index (χ0) is 14.8. The van der Waals surface area contributed by atoms with Crippen LogP contribution in [0.3, 0.4) is 0 Å². The number of nitrogens with zero attached hydrogens (tertiary/aromatic N) is 1. The Kier molecular flexibility index (Phi) is 5.07. The molecule has 0 aliphatic carbocycles. The van der Waals surface area contributed by atoms with Crippen LogP contribution in [0.5, 0.6) is 0 Å². The maximum atomic E-state index is 12.3. The van der Waals surface area contributed by atoms with E-state index < -0.39 is 10.0 Å². The topological polar surface area (TPSA) is 49.4 Å². The molecule has 2 rings (SSSR count). The van der Waals surface area contributed by atoms with E-state index in [1.54, 1.807) is 18.2 Å². The highest BCUT2D eigenvalue weighted by Crippen LogP contribution is 2.18. The first-order chi connectivity index (χ1) is 9.38. The van der Waals surface area contributed by atoms with Gasteiger partial charge in [0.2, 0.25) is 10.0 Å². The lowest BCUT2D eigenvalue weighted by molar-refractivity contribution is 0.168. The Bertz CT molecular complexity index is 552. The molecule has 1 heterocycles. The summed E-state index contributed by atoms with van der Waals surface area (Å²) in [7, 11) is -3.47. The Morgan fingerprint density at radius 1 is 1.30 bits per heavy atom. The molecule has 1 saturated heterocycles. The number of halogens is 1. The zero-order valence-corrected chi connectivity index (χ0v) is 13.4. The summed E-state index contributed by atoms with van der Waals surface area (Å²) in [5.41, 5.74) is 0. The molecule has 0 spiro atoms. The fraction of sp³-hybridized carbons (Fsp3) is 0.571. The molecule has 1 N–H and O–H groups in total. The number of piperidine rings is 1. The van der Waals surface area contributed by atoms with Crippen molar-refractivity contribution in [3.63, 3.8) is 0 Å². The highest BCUT2D eigenvalue weighted by atomic mass is 35.5. The summed E-state index contributed by atoms with van der Waals surface area (Å²) < 4.78 is 27.4. The van der Waals surface area contributed by atoms with Crippen LogP contribution in [0.1, 0.15) is 26.7 Å². The second-order valence-electron chi connectivity index (χ2n) is 5.48. The normalized spacial score (nSPS) is 18.6. The summed E-state index contributed by atoms with van der Waals surface area (Å²) in [6.07, 6.45) is 1.69. The van der Waals surface area contributed by atoms with E-state index in [-0.39, 0.29) is 10.9 Å². The molecular weight excluding hydrogens is 296 g/mol. The van der Waals surface area contributed by atoms with Crippen LogP contribution in [-0.4, -0.2) is 38.5 Å². The van der Waals surface area contributed by atoms with Gasteiger partial charge in [-0.05, 0) is 58.0 Å². The SMILES string of the molecule is CC(C)N1CCC(NS(=O)(=O)c2cccc(Cl)c2)CC1. The molecule has 0 radical (unpaired) electrons. The molecule has 0 unspecified atom stereocenters. The first-order valence-corrected chi connectivity index (χ1v) is 8.76. The lowest BCUT2D eigenvalue weighted by Crippen LogP contribution is -2.46. The number of nitrogens with one attached hydrogen (secondary N) is 1. The van der Waals surface area contributed by atoms with Crippen LogP contribution < -0.4 is 4.72 Å². The van der Waals surface area contributed by atoms with Crippen molar-refractivity contribution in [2.75, 3.05) is 13.1 Å². The van der Waals surface area contributed by atoms with Crippen LogP contribution in [0.4, 0.5) is 0 Å². The van der Waals surface area contributed by atoms with Gasteiger partial charge in [0.15, 0.2) is 0 Å². The van der Waals surface area contributed by atoms with Gasteiger partial charge in [-0.25, -0.2) is 13.1 Å². The lowest BCUT2D eigenvalue weighted by atomic mass is 10.1. The van der Waals surface area contributed by atoms with E-state index in [0.29, 0.717) is 11.1 Å². The van der Waals surface area contributed by atoms with Gasteiger partial charge < -0.3 is 4.90 Å². The molecule has 1 aromatic rings. The van der Waals surface area contributed by atoms with Gasteiger partial charge in [-0.1, -0.05) is 17.7 Å². The zero-order valence-electron chi connectivity index (χ0n) is 11.8. The van der Waals surface area contributed by atoms with Gasteiger partial charge in [0.25, 0.3) is 0 Å². The molecule has 4 nitrogen and oxygen atoms in total. The molecule has 1 aliphatic rings. The van der Waals surface area contributed by atoms with Gasteiger partial charge in [0.1, 0.15) is 0 Å². The highest BCUT2D eigenvalue weighted by molar-refractivity contribution is 7.89. The highest BCUT2D eigenvalue weighted by Gasteiger charge is 2.25. The first-order valence-electron chi connectivity index (χ1n) is 6.90. The number of hydrogen-bond acceptors (Lipinski definition) is 3. The van der Waals surface area contributed by atoms with Crippen molar-refractivity contribution in [2.45, 2.75) is 43.7 Å². The number of hydrogen-bond donors (Lipinski definition) is 1. The minimum Gasteiger partial charge on any atom is -0.301 e. The number of rotatable bonds is 4. The fourth-order valence-electron chi connectivity index (χ4n) is 2.46. The van der Waals surface area contributed by atoms with Crippen molar-refractivity contribution < 1.29 is 8.42 Å². The molecule has 112 valence electrons. The Morgan fingerprint density at radius 2 is 1.95 bits per heavy atom. The largest absolute Gasteiger partial charge is 0.301 e. The Morgan fingerprint density at radius 3 is 2.50 bits per heavy atom. The number of likely N-dealkylation sites (tertiary alicyclic amines) is 1. The molecule has 1 fully saturated rings. The summed E-state index contributed by atoms with van der Waals surface area (Å²) in [5, 5.41) is 0.433. The van der Waals surface area contributed by atoms with E-state index in [9.17, 15) is 8.42 Å². The molecule has 1 aromatic carbocycles. The predicted octanol–water partition coefficient (Wildman–Crippen LogP) is 2.49. The standard InChI is InChI=1S/C14H21ClN2O2S/c1-11(2)17-8-6-13(7-9-17)16-20(18,19)14-5-3-4-12(15)10-14/h3-5,10-11,13,16H,6-9H2,1-2H3. The number of sulfonamides is 1. The first kappa shape index (κ1) is 15.8. The van der Waals surface area contributed by atoms with Gasteiger partial charge >= 0.3 is 0 Å². The Hall–Kier alpha value is -0.620. The average molecular weight is 317 g/mol. The van der Waals surface area contributed by atoms with Crippen molar-refractivity contribution >= 4 is 21.6 Å². The summed E-state index contributed by atoms with van der Waals surface area (Å²) in [6.45, 7) is 6.19. The van der Waals surface area contributed by atoms with E-state index in [2.05, 4.69) is 23.5 Å². The van der Waals surface area contributed by atoms with Crippen LogP contribution in [-0.2, 0) is 10.0 Å². The van der Waals surface area contributed by atoms with Crippen molar-refractivity contribution in [1.29, 1.82) is 0 Å². The third-order valence-corrected chi connectivity index (χ3v) is 5.44. The molecule has 0 aromatic heterocycles. The van der Waals surface area contributed by atoms with Crippen molar-refractivity contribution in [3.05, 3.63) is 29.3 Å². The quantitative estimate of drug-likeness (QED) is 0.928. The second kappa shape index (κ2) is 6.43. The van der Waals surface area contributed by atoms with Crippen LogP contribution >= 0.6 is 11.6 Å². The molecule has 20 heavy (non-hydrogen) atoms. The van der Waals surface area contributed by atoms with Gasteiger partial charge in [-0.2, -0.15) is 0 Å². The molecule has 0 atom stereocenters. The van der Waals surface area contributed by atoms with E-state index in [1.807, 2.05) is 0 Å². The molecule has 6 heteroatoms. The van der Waals surface area contributed by atoms with Gasteiger partial charge in [0, 0.05) is 17.1 Å². The maximum absolute atomic E-state index is 12.3. The van der Waals surface area contributed by atoms with Crippen LogP contribution in [0, 0.1) is 0 Å². The van der Waals surface area contributed by atoms with Crippen LogP contribution in [0.2, 0.25) is 5.02 Å². The van der Waals surface area contributed by atoms with Gasteiger partial charge in [-0.15, -0.1) is 0 Å². The van der Waals surface area contributed by atoms with Gasteiger partial charge in [0.05, 0.1) is 4.90 Å². The van der Waals surface area contributed by atoms with Crippen molar-refractivity contribution in [3.8, 4) is 0 Å². The van der Waals surface area contributed by atoms with E-state index in [0.717, 1.165) is 25.9 Å². The van der Waals surface area contributed by atoms with Crippen LogP contribution in [0.25, 0.3) is 0 Å². The molecular formula is C14H21ClN2O2S. The monoisotopic (exact) mass is 316 g/mol. The summed E-state index contributed by atoms with van der Waals surface area (Å²) in [4.78, 5) is 2.60. The Labute approximate surface area is 126 Å². The molecule has 0 amide bonds. The third-order valence-electron chi connectivity index (χ3n) is 3.69. The molecule has 0 bridgehead atoms. The molecule has 0 saturated carbocycles. The molecule has 1 aliphatic heterocycles.